The number of amides is 3. The topological polar surface area (TPSA) is 150 Å². The van der Waals surface area contributed by atoms with Crippen LogP contribution < -0.4 is 21.5 Å². The number of thiazole rings is 1. The molecule has 4 rings (SSSR count). The first-order valence-corrected chi connectivity index (χ1v) is 10.7. The molecular weight excluding hydrogens is 442 g/mol. The molecule has 0 radical (unpaired) electrons. The van der Waals surface area contributed by atoms with Crippen LogP contribution in [0.1, 0.15) is 21.5 Å². The van der Waals surface area contributed by atoms with Crippen molar-refractivity contribution in [3.63, 3.8) is 0 Å². The van der Waals surface area contributed by atoms with E-state index in [1.165, 1.54) is 23.6 Å². The molecule has 3 amide bonds. The van der Waals surface area contributed by atoms with Crippen molar-refractivity contribution in [2.45, 2.75) is 12.8 Å². The van der Waals surface area contributed by atoms with Crippen LogP contribution in [-0.2, 0) is 22.4 Å². The van der Waals surface area contributed by atoms with Crippen LogP contribution in [0, 0.1) is 0 Å². The second-order valence-corrected chi connectivity index (χ2v) is 8.19. The molecule has 0 saturated carbocycles. The molecule has 9 nitrogen and oxygen atoms in total. The van der Waals surface area contributed by atoms with Crippen molar-refractivity contribution >= 4 is 44.4 Å². The molecule has 0 unspecified atom stereocenters. The fourth-order valence-electron chi connectivity index (χ4n) is 3.13. The number of hydrogen-bond acceptors (Lipinski definition) is 7. The van der Waals surface area contributed by atoms with Gasteiger partial charge in [-0.1, -0.05) is 29.5 Å². The van der Waals surface area contributed by atoms with E-state index in [0.717, 1.165) is 21.3 Å². The molecule has 4 aromatic rings. The summed E-state index contributed by atoms with van der Waals surface area (Å²) in [5.74, 6) is -0.688. The fraction of sp³-hybridized carbons (Fsp3) is 0.0870. The number of rotatable bonds is 8. The number of hydrogen-bond donors (Lipinski definition) is 3. The predicted octanol–water partition coefficient (Wildman–Crippen LogP) is 2.79. The number of pyridine rings is 1. The number of benzene rings is 2. The summed E-state index contributed by atoms with van der Waals surface area (Å²) in [4.78, 5) is 43.5. The van der Waals surface area contributed by atoms with E-state index < -0.39 is 11.8 Å². The number of anilines is 1. The fourth-order valence-corrected chi connectivity index (χ4v) is 4.07. The average Bonchev–Trinajstić information content (AvgIpc) is 3.16. The van der Waals surface area contributed by atoms with Crippen LogP contribution in [0.25, 0.3) is 10.2 Å². The van der Waals surface area contributed by atoms with Crippen LogP contribution in [0.2, 0.25) is 0 Å². The van der Waals surface area contributed by atoms with Crippen LogP contribution >= 0.6 is 11.3 Å². The lowest BCUT2D eigenvalue weighted by molar-refractivity contribution is -0.117. The average molecular weight is 462 g/mol. The minimum atomic E-state index is -0.634. The number of ether oxygens (including phenoxy) is 1. The number of nitrogens with zero attached hydrogens (tertiary/aromatic N) is 2. The van der Waals surface area contributed by atoms with Crippen LogP contribution in [0.5, 0.6) is 11.6 Å². The molecule has 5 N–H and O–H groups in total. The lowest BCUT2D eigenvalue weighted by Gasteiger charge is -2.08. The summed E-state index contributed by atoms with van der Waals surface area (Å²) in [6.07, 6.45) is 1.79. The van der Waals surface area contributed by atoms with Crippen molar-refractivity contribution in [1.82, 2.24) is 9.97 Å². The highest BCUT2D eigenvalue weighted by atomic mass is 32.1. The number of carbonyl (C=O) groups excluding carboxylic acids is 3. The molecule has 10 heteroatoms. The molecule has 2 heterocycles. The number of nitrogens with two attached hydrogens (primary N) is 2. The standard InChI is InChI=1S/C23H19N5O4S/c24-19(29)11-14-5-8-17-18(10-14)33-23(27-17)28-20(30)12-13-3-6-15(7-4-13)32-22-16(21(25)31)2-1-9-26-22/h1-10H,11-12H2,(H2,24,29)(H2,25,31)(H,27,28,30). The zero-order valence-corrected chi connectivity index (χ0v) is 18.1. The van der Waals surface area contributed by atoms with Crippen LogP contribution in [0.3, 0.4) is 0 Å². The van der Waals surface area contributed by atoms with Crippen molar-refractivity contribution in [1.29, 1.82) is 0 Å². The summed E-state index contributed by atoms with van der Waals surface area (Å²) in [7, 11) is 0. The Kier molecular flexibility index (Phi) is 6.27. The van der Waals surface area contributed by atoms with Crippen LogP contribution in [0.15, 0.2) is 60.8 Å². The van der Waals surface area contributed by atoms with Crippen molar-refractivity contribution in [2.75, 3.05) is 5.32 Å². The molecule has 0 saturated heterocycles. The molecule has 0 aliphatic rings. The second-order valence-electron chi connectivity index (χ2n) is 7.16. The lowest BCUT2D eigenvalue weighted by Crippen LogP contribution is -2.14. The van der Waals surface area contributed by atoms with E-state index in [-0.39, 0.29) is 30.2 Å². The first-order valence-electron chi connectivity index (χ1n) is 9.86. The van der Waals surface area contributed by atoms with Gasteiger partial charge >= 0.3 is 0 Å². The lowest BCUT2D eigenvalue weighted by atomic mass is 10.1. The van der Waals surface area contributed by atoms with Gasteiger partial charge in [0.1, 0.15) is 11.3 Å². The maximum Gasteiger partial charge on any atom is 0.254 e. The molecule has 2 aromatic carbocycles. The van der Waals surface area contributed by atoms with Gasteiger partial charge in [-0.15, -0.1) is 0 Å². The Morgan fingerprint density at radius 1 is 0.970 bits per heavy atom. The van der Waals surface area contributed by atoms with Gasteiger partial charge in [0.25, 0.3) is 5.91 Å². The van der Waals surface area contributed by atoms with Crippen molar-refractivity contribution in [3.8, 4) is 11.6 Å². The first-order chi connectivity index (χ1) is 15.9. The molecule has 0 bridgehead atoms. The SMILES string of the molecule is NC(=O)Cc1ccc2nc(NC(=O)Cc3ccc(Oc4ncccc4C(N)=O)cc3)sc2c1. The van der Waals surface area contributed by atoms with E-state index in [1.807, 2.05) is 6.07 Å². The Bertz CT molecular complexity index is 1350. The zero-order valence-electron chi connectivity index (χ0n) is 17.3. The normalized spacial score (nSPS) is 10.7. The van der Waals surface area contributed by atoms with Gasteiger partial charge in [-0.25, -0.2) is 9.97 Å². The largest absolute Gasteiger partial charge is 0.438 e. The molecule has 2 aromatic heterocycles. The van der Waals surface area contributed by atoms with Gasteiger partial charge in [-0.3, -0.25) is 14.4 Å². The Hall–Kier alpha value is -4.31. The third-order valence-electron chi connectivity index (χ3n) is 4.62. The molecule has 0 aliphatic carbocycles. The predicted molar refractivity (Wildman–Crippen MR) is 124 cm³/mol. The Balaban J connectivity index is 1.39. The summed E-state index contributed by atoms with van der Waals surface area (Å²) in [5, 5.41) is 3.27. The van der Waals surface area contributed by atoms with E-state index in [2.05, 4.69) is 15.3 Å². The van der Waals surface area contributed by atoms with Gasteiger partial charge in [-0.2, -0.15) is 0 Å². The first kappa shape index (κ1) is 21.9. The Labute approximate surface area is 192 Å². The van der Waals surface area contributed by atoms with Gasteiger partial charge in [0.2, 0.25) is 17.7 Å². The number of nitrogens with one attached hydrogen (secondary N) is 1. The smallest absolute Gasteiger partial charge is 0.254 e. The summed E-state index contributed by atoms with van der Waals surface area (Å²) < 4.78 is 6.50. The third kappa shape index (κ3) is 5.49. The van der Waals surface area contributed by atoms with E-state index in [0.29, 0.717) is 10.9 Å². The number of aromatic nitrogens is 2. The van der Waals surface area contributed by atoms with Gasteiger partial charge in [0.15, 0.2) is 5.13 Å². The highest BCUT2D eigenvalue weighted by Crippen LogP contribution is 2.27. The number of carbonyl (C=O) groups is 3. The van der Waals surface area contributed by atoms with E-state index in [4.69, 9.17) is 16.2 Å². The van der Waals surface area contributed by atoms with Crippen LogP contribution in [0.4, 0.5) is 5.13 Å². The van der Waals surface area contributed by atoms with Crippen molar-refractivity contribution in [3.05, 3.63) is 77.5 Å². The van der Waals surface area contributed by atoms with Gasteiger partial charge < -0.3 is 21.5 Å². The zero-order chi connectivity index (χ0) is 23.4. The van der Waals surface area contributed by atoms with Gasteiger partial charge in [0.05, 0.1) is 23.1 Å². The Morgan fingerprint density at radius 3 is 2.45 bits per heavy atom. The minimum Gasteiger partial charge on any atom is -0.438 e. The quantitative estimate of drug-likeness (QED) is 0.367. The second kappa shape index (κ2) is 9.45. The van der Waals surface area contributed by atoms with Crippen LogP contribution in [-0.4, -0.2) is 27.7 Å². The van der Waals surface area contributed by atoms with Crippen molar-refractivity contribution < 1.29 is 19.1 Å². The summed E-state index contributed by atoms with van der Waals surface area (Å²) in [6, 6.07) is 15.4. The van der Waals surface area contributed by atoms with Crippen molar-refractivity contribution in [2.24, 2.45) is 11.5 Å². The monoisotopic (exact) mass is 461 g/mol. The maximum atomic E-state index is 12.5. The number of fused-ring (bicyclic) bond motifs is 1. The van der Waals surface area contributed by atoms with Gasteiger partial charge in [-0.05, 0) is 47.5 Å². The number of primary amides is 2. The molecule has 33 heavy (non-hydrogen) atoms. The summed E-state index contributed by atoms with van der Waals surface area (Å²) in [5.41, 5.74) is 13.1. The molecule has 166 valence electrons. The molecular formula is C23H19N5O4S. The highest BCUT2D eigenvalue weighted by Gasteiger charge is 2.12. The maximum absolute atomic E-state index is 12.5. The Morgan fingerprint density at radius 2 is 1.73 bits per heavy atom. The van der Waals surface area contributed by atoms with Gasteiger partial charge in [0, 0.05) is 6.20 Å². The van der Waals surface area contributed by atoms with E-state index in [9.17, 15) is 14.4 Å². The summed E-state index contributed by atoms with van der Waals surface area (Å²) >= 11 is 1.32. The van der Waals surface area contributed by atoms with E-state index in [1.54, 1.807) is 42.5 Å². The molecule has 0 fully saturated rings. The molecule has 0 spiro atoms. The highest BCUT2D eigenvalue weighted by molar-refractivity contribution is 7.22. The molecule has 0 atom stereocenters. The van der Waals surface area contributed by atoms with E-state index >= 15 is 0 Å². The third-order valence-corrected chi connectivity index (χ3v) is 5.55. The molecule has 0 aliphatic heterocycles. The minimum absolute atomic E-state index is 0.116. The summed E-state index contributed by atoms with van der Waals surface area (Å²) in [6.45, 7) is 0.